The molecule has 0 fully saturated rings. The molecule has 3 rings (SSSR count). The number of hydrogen-bond acceptors (Lipinski definition) is 4. The minimum absolute atomic E-state index is 0.275. The van der Waals surface area contributed by atoms with Gasteiger partial charge in [-0.25, -0.2) is 9.78 Å². The van der Waals surface area contributed by atoms with Gasteiger partial charge in [-0.2, -0.15) is 0 Å². The van der Waals surface area contributed by atoms with Gasteiger partial charge in [-0.15, -0.1) is 0 Å². The van der Waals surface area contributed by atoms with E-state index in [4.69, 9.17) is 4.74 Å². The fourth-order valence-electron chi connectivity index (χ4n) is 2.28. The summed E-state index contributed by atoms with van der Waals surface area (Å²) in [7, 11) is 0. The molecule has 1 aromatic carbocycles. The summed E-state index contributed by atoms with van der Waals surface area (Å²) in [6, 6.07) is 14.8. The van der Waals surface area contributed by atoms with Crippen molar-refractivity contribution in [2.75, 3.05) is 11.9 Å². The smallest absolute Gasteiger partial charge is 0.319 e. The zero-order valence-electron chi connectivity index (χ0n) is 14.5. The van der Waals surface area contributed by atoms with Crippen molar-refractivity contribution in [2.45, 2.75) is 13.3 Å². The van der Waals surface area contributed by atoms with Crippen LogP contribution < -0.4 is 15.4 Å². The molecule has 0 spiro atoms. The molecular weight excluding hydrogens is 328 g/mol. The number of urea groups is 1. The Bertz CT molecular complexity index is 834. The number of rotatable bonds is 6. The lowest BCUT2D eigenvalue weighted by molar-refractivity contribution is 0.252. The molecule has 2 aromatic heterocycles. The molecule has 2 N–H and O–H groups in total. The largest absolute Gasteiger partial charge is 0.439 e. The van der Waals surface area contributed by atoms with E-state index in [1.165, 1.54) is 5.56 Å². The number of hydrogen-bond donors (Lipinski definition) is 2. The normalized spacial score (nSPS) is 10.2. The lowest BCUT2D eigenvalue weighted by Crippen LogP contribution is -2.30. The van der Waals surface area contributed by atoms with E-state index in [2.05, 4.69) is 20.6 Å². The van der Waals surface area contributed by atoms with Crippen LogP contribution >= 0.6 is 0 Å². The highest BCUT2D eigenvalue weighted by atomic mass is 16.5. The third kappa shape index (κ3) is 5.31. The molecule has 0 unspecified atom stereocenters. The number of benzene rings is 1. The van der Waals surface area contributed by atoms with E-state index in [9.17, 15) is 4.79 Å². The van der Waals surface area contributed by atoms with Crippen LogP contribution in [0.3, 0.4) is 0 Å². The minimum atomic E-state index is -0.275. The van der Waals surface area contributed by atoms with Gasteiger partial charge in [0.1, 0.15) is 5.75 Å². The van der Waals surface area contributed by atoms with Crippen LogP contribution in [-0.4, -0.2) is 22.5 Å². The van der Waals surface area contributed by atoms with E-state index >= 15 is 0 Å². The Balaban J connectivity index is 1.46. The van der Waals surface area contributed by atoms with Crippen molar-refractivity contribution in [1.29, 1.82) is 0 Å². The predicted molar refractivity (Wildman–Crippen MR) is 100 cm³/mol. The van der Waals surface area contributed by atoms with E-state index in [1.807, 2.05) is 43.3 Å². The van der Waals surface area contributed by atoms with Gasteiger partial charge >= 0.3 is 6.03 Å². The van der Waals surface area contributed by atoms with E-state index in [-0.39, 0.29) is 6.03 Å². The molecule has 3 aromatic rings. The zero-order valence-corrected chi connectivity index (χ0v) is 14.5. The van der Waals surface area contributed by atoms with E-state index in [0.717, 1.165) is 17.7 Å². The number of anilines is 1. The van der Waals surface area contributed by atoms with Crippen LogP contribution in [0.15, 0.2) is 67.1 Å². The Morgan fingerprint density at radius 3 is 2.62 bits per heavy atom. The van der Waals surface area contributed by atoms with Crippen LogP contribution in [-0.2, 0) is 6.42 Å². The number of ether oxygens (including phenoxy) is 1. The molecule has 0 aliphatic rings. The molecule has 2 amide bonds. The molecule has 0 bridgehead atoms. The van der Waals surface area contributed by atoms with Crippen molar-refractivity contribution in [2.24, 2.45) is 0 Å². The Morgan fingerprint density at radius 2 is 1.92 bits per heavy atom. The second kappa shape index (κ2) is 8.62. The molecule has 132 valence electrons. The first kappa shape index (κ1) is 17.4. The van der Waals surface area contributed by atoms with Gasteiger partial charge in [0.15, 0.2) is 0 Å². The van der Waals surface area contributed by atoms with Crippen molar-refractivity contribution >= 4 is 11.7 Å². The van der Waals surface area contributed by atoms with Crippen LogP contribution in [0.2, 0.25) is 0 Å². The lowest BCUT2D eigenvalue weighted by Gasteiger charge is -2.09. The highest BCUT2D eigenvalue weighted by molar-refractivity contribution is 5.89. The number of nitrogens with one attached hydrogen (secondary N) is 2. The summed E-state index contributed by atoms with van der Waals surface area (Å²) in [6.07, 6.45) is 5.80. The van der Waals surface area contributed by atoms with Gasteiger partial charge in [-0.3, -0.25) is 4.98 Å². The molecule has 0 radical (unpaired) electrons. The van der Waals surface area contributed by atoms with Crippen molar-refractivity contribution in [1.82, 2.24) is 15.3 Å². The summed E-state index contributed by atoms with van der Waals surface area (Å²) in [5, 5.41) is 5.55. The van der Waals surface area contributed by atoms with Crippen LogP contribution in [0.1, 0.15) is 11.1 Å². The summed E-state index contributed by atoms with van der Waals surface area (Å²) in [6.45, 7) is 2.55. The zero-order chi connectivity index (χ0) is 18.2. The third-order valence-electron chi connectivity index (χ3n) is 3.66. The average molecular weight is 348 g/mol. The highest BCUT2D eigenvalue weighted by Crippen LogP contribution is 2.20. The molecule has 0 saturated heterocycles. The fourth-order valence-corrected chi connectivity index (χ4v) is 2.28. The van der Waals surface area contributed by atoms with Gasteiger partial charge in [0.25, 0.3) is 0 Å². The number of carbonyl (C=O) groups excluding carboxylic acids is 1. The number of aromatic nitrogens is 2. The minimum Gasteiger partial charge on any atom is -0.439 e. The summed E-state index contributed by atoms with van der Waals surface area (Å²) in [4.78, 5) is 20.2. The van der Waals surface area contributed by atoms with Crippen molar-refractivity contribution in [3.8, 4) is 11.6 Å². The maximum absolute atomic E-state index is 11.9. The average Bonchev–Trinajstić information content (AvgIpc) is 2.66. The highest BCUT2D eigenvalue weighted by Gasteiger charge is 2.03. The predicted octanol–water partition coefficient (Wildman–Crippen LogP) is 3.94. The SMILES string of the molecule is Cc1ccc(Oc2ccc(NC(=O)NCCc3cccnc3)cn2)cc1. The van der Waals surface area contributed by atoms with Gasteiger partial charge in [-0.1, -0.05) is 23.8 Å². The van der Waals surface area contributed by atoms with Crippen LogP contribution in [0.4, 0.5) is 10.5 Å². The van der Waals surface area contributed by atoms with Gasteiger partial charge in [0.05, 0.1) is 11.9 Å². The Hall–Kier alpha value is -3.41. The Labute approximate surface area is 152 Å². The van der Waals surface area contributed by atoms with Crippen molar-refractivity contribution < 1.29 is 9.53 Å². The molecule has 6 nitrogen and oxygen atoms in total. The third-order valence-corrected chi connectivity index (χ3v) is 3.66. The summed E-state index contributed by atoms with van der Waals surface area (Å²) in [5.74, 6) is 1.19. The maximum Gasteiger partial charge on any atom is 0.319 e. The van der Waals surface area contributed by atoms with E-state index < -0.39 is 0 Å². The summed E-state index contributed by atoms with van der Waals surface area (Å²) < 4.78 is 5.66. The number of amides is 2. The van der Waals surface area contributed by atoms with Gasteiger partial charge in [-0.05, 0) is 43.2 Å². The van der Waals surface area contributed by atoms with E-state index in [1.54, 1.807) is 30.7 Å². The first-order valence-corrected chi connectivity index (χ1v) is 8.33. The molecule has 0 saturated carbocycles. The number of nitrogens with zero attached hydrogens (tertiary/aromatic N) is 2. The topological polar surface area (TPSA) is 76.1 Å². The second-order valence-electron chi connectivity index (χ2n) is 5.79. The molecule has 6 heteroatoms. The van der Waals surface area contributed by atoms with Crippen LogP contribution in [0.25, 0.3) is 0 Å². The Kier molecular flexibility index (Phi) is 5.77. The fraction of sp³-hybridized carbons (Fsp3) is 0.150. The van der Waals surface area contributed by atoms with Gasteiger partial charge in [0.2, 0.25) is 5.88 Å². The second-order valence-corrected chi connectivity index (χ2v) is 5.79. The molecule has 0 aliphatic heterocycles. The standard InChI is InChI=1S/C20H20N4O2/c1-15-4-7-18(8-5-15)26-19-9-6-17(14-23-19)24-20(25)22-12-10-16-3-2-11-21-13-16/h2-9,11,13-14H,10,12H2,1H3,(H2,22,24,25). The maximum atomic E-state index is 11.9. The van der Waals surface area contributed by atoms with Crippen molar-refractivity contribution in [3.05, 3.63) is 78.2 Å². The molecular formula is C20H20N4O2. The summed E-state index contributed by atoms with van der Waals surface area (Å²) in [5.41, 5.74) is 2.84. The number of aryl methyl sites for hydroxylation is 1. The molecule has 26 heavy (non-hydrogen) atoms. The molecule has 0 atom stereocenters. The summed E-state index contributed by atoms with van der Waals surface area (Å²) >= 11 is 0. The monoisotopic (exact) mass is 348 g/mol. The van der Waals surface area contributed by atoms with Crippen molar-refractivity contribution in [3.63, 3.8) is 0 Å². The van der Waals surface area contributed by atoms with Crippen LogP contribution in [0, 0.1) is 6.92 Å². The van der Waals surface area contributed by atoms with Gasteiger partial charge in [0, 0.05) is 25.0 Å². The molecule has 0 aliphatic carbocycles. The number of pyridine rings is 2. The Morgan fingerprint density at radius 1 is 1.08 bits per heavy atom. The quantitative estimate of drug-likeness (QED) is 0.707. The van der Waals surface area contributed by atoms with Gasteiger partial charge < -0.3 is 15.4 Å². The van der Waals surface area contributed by atoms with Crippen LogP contribution in [0.5, 0.6) is 11.6 Å². The lowest BCUT2D eigenvalue weighted by atomic mass is 10.2. The van der Waals surface area contributed by atoms with E-state index in [0.29, 0.717) is 18.1 Å². The first-order chi connectivity index (χ1) is 12.7. The molecule has 2 heterocycles. The first-order valence-electron chi connectivity index (χ1n) is 8.33. The number of carbonyl (C=O) groups is 1.